The van der Waals surface area contributed by atoms with E-state index in [0.29, 0.717) is 31.9 Å². The van der Waals surface area contributed by atoms with Crippen LogP contribution in [0.4, 0.5) is 0 Å². The van der Waals surface area contributed by atoms with Crippen LogP contribution in [-0.4, -0.2) is 65.8 Å². The third-order valence-electron chi connectivity index (χ3n) is 5.47. The molecule has 142 valence electrons. The molecule has 1 aromatic carbocycles. The molecule has 1 atom stereocenters. The maximum Gasteiger partial charge on any atom is 0.289 e. The number of hydrogen-bond acceptors (Lipinski definition) is 4. The van der Waals surface area contributed by atoms with Gasteiger partial charge < -0.3 is 14.2 Å². The number of furan rings is 1. The average Bonchev–Trinajstić information content (AvgIpc) is 3.43. The molecule has 2 aliphatic rings. The number of hydrogen-bond donors (Lipinski definition) is 0. The Labute approximate surface area is 159 Å². The van der Waals surface area contributed by atoms with Crippen LogP contribution < -0.4 is 0 Å². The highest BCUT2D eigenvalue weighted by atomic mass is 16.3. The lowest BCUT2D eigenvalue weighted by Gasteiger charge is -2.39. The summed E-state index contributed by atoms with van der Waals surface area (Å²) < 4.78 is 5.23. The standard InChI is InChI=1S/C21H25N3O3/c25-20(18-9-6-16-27-18)24-14-12-22(13-15-24)19(17-7-2-1-3-8-17)21(26)23-10-4-5-11-23/h1-3,6-9,16,19H,4-5,10-15H2. The maximum atomic E-state index is 13.2. The molecule has 2 aliphatic heterocycles. The van der Waals surface area contributed by atoms with Gasteiger partial charge in [-0.25, -0.2) is 0 Å². The van der Waals surface area contributed by atoms with Gasteiger partial charge in [-0.2, -0.15) is 0 Å². The van der Waals surface area contributed by atoms with E-state index in [-0.39, 0.29) is 17.9 Å². The fraction of sp³-hybridized carbons (Fsp3) is 0.429. The Hall–Kier alpha value is -2.60. The van der Waals surface area contributed by atoms with E-state index < -0.39 is 0 Å². The summed E-state index contributed by atoms with van der Waals surface area (Å²) in [5.74, 6) is 0.475. The molecule has 0 saturated carbocycles. The van der Waals surface area contributed by atoms with Crippen LogP contribution in [0.15, 0.2) is 53.1 Å². The summed E-state index contributed by atoms with van der Waals surface area (Å²) in [6, 6.07) is 13.1. The van der Waals surface area contributed by atoms with Crippen molar-refractivity contribution in [2.45, 2.75) is 18.9 Å². The molecule has 3 heterocycles. The number of likely N-dealkylation sites (tertiary alicyclic amines) is 1. The molecule has 0 bridgehead atoms. The third kappa shape index (κ3) is 3.76. The molecule has 2 aromatic rings. The van der Waals surface area contributed by atoms with Crippen molar-refractivity contribution in [3.8, 4) is 0 Å². The Kier molecular flexibility index (Phi) is 5.25. The number of carbonyl (C=O) groups excluding carboxylic acids is 2. The summed E-state index contributed by atoms with van der Waals surface area (Å²) in [6.07, 6.45) is 3.68. The monoisotopic (exact) mass is 367 g/mol. The Bertz CT molecular complexity index is 761. The summed E-state index contributed by atoms with van der Waals surface area (Å²) in [5.41, 5.74) is 1.03. The van der Waals surface area contributed by atoms with Crippen LogP contribution >= 0.6 is 0 Å². The van der Waals surface area contributed by atoms with Crippen LogP contribution in [0.1, 0.15) is 35.0 Å². The first-order chi connectivity index (χ1) is 13.2. The van der Waals surface area contributed by atoms with E-state index in [2.05, 4.69) is 4.90 Å². The second-order valence-electron chi connectivity index (χ2n) is 7.15. The lowest BCUT2D eigenvalue weighted by molar-refractivity contribution is -0.136. The second kappa shape index (κ2) is 7.96. The Morgan fingerprint density at radius 2 is 1.52 bits per heavy atom. The third-order valence-corrected chi connectivity index (χ3v) is 5.47. The van der Waals surface area contributed by atoms with Gasteiger partial charge in [-0.15, -0.1) is 0 Å². The molecule has 6 heteroatoms. The van der Waals surface area contributed by atoms with Crippen molar-refractivity contribution in [3.63, 3.8) is 0 Å². The lowest BCUT2D eigenvalue weighted by atomic mass is 10.0. The minimum Gasteiger partial charge on any atom is -0.459 e. The molecule has 4 rings (SSSR count). The number of carbonyl (C=O) groups is 2. The van der Waals surface area contributed by atoms with Gasteiger partial charge in [0.15, 0.2) is 5.76 Å². The van der Waals surface area contributed by atoms with E-state index in [1.807, 2.05) is 35.2 Å². The van der Waals surface area contributed by atoms with Crippen LogP contribution in [0.25, 0.3) is 0 Å². The van der Waals surface area contributed by atoms with Crippen LogP contribution in [0, 0.1) is 0 Å². The predicted molar refractivity (Wildman–Crippen MR) is 101 cm³/mol. The molecule has 0 radical (unpaired) electrons. The first-order valence-electron chi connectivity index (χ1n) is 9.64. The molecule has 2 fully saturated rings. The van der Waals surface area contributed by atoms with E-state index in [9.17, 15) is 9.59 Å². The first-order valence-corrected chi connectivity index (χ1v) is 9.64. The smallest absolute Gasteiger partial charge is 0.289 e. The van der Waals surface area contributed by atoms with Gasteiger partial charge in [0, 0.05) is 39.3 Å². The molecule has 2 amide bonds. The van der Waals surface area contributed by atoms with E-state index in [1.54, 1.807) is 17.0 Å². The largest absolute Gasteiger partial charge is 0.459 e. The zero-order valence-electron chi connectivity index (χ0n) is 15.4. The minimum absolute atomic E-state index is 0.0817. The van der Waals surface area contributed by atoms with Crippen LogP contribution in [0.5, 0.6) is 0 Å². The van der Waals surface area contributed by atoms with Crippen molar-refractivity contribution < 1.29 is 14.0 Å². The van der Waals surface area contributed by atoms with Crippen molar-refractivity contribution in [1.82, 2.24) is 14.7 Å². The molecular weight excluding hydrogens is 342 g/mol. The van der Waals surface area contributed by atoms with Crippen molar-refractivity contribution in [1.29, 1.82) is 0 Å². The first kappa shape index (κ1) is 17.8. The van der Waals surface area contributed by atoms with E-state index in [4.69, 9.17) is 4.42 Å². The molecule has 2 saturated heterocycles. The van der Waals surface area contributed by atoms with Gasteiger partial charge in [0.2, 0.25) is 5.91 Å². The van der Waals surface area contributed by atoms with E-state index in [1.165, 1.54) is 6.26 Å². The summed E-state index contributed by atoms with van der Waals surface area (Å²) in [6.45, 7) is 4.22. The summed E-state index contributed by atoms with van der Waals surface area (Å²) >= 11 is 0. The normalized spacial score (nSPS) is 19.3. The van der Waals surface area contributed by atoms with Gasteiger partial charge in [-0.05, 0) is 30.5 Å². The second-order valence-corrected chi connectivity index (χ2v) is 7.15. The average molecular weight is 367 g/mol. The molecule has 0 aliphatic carbocycles. The highest BCUT2D eigenvalue weighted by Gasteiger charge is 2.35. The van der Waals surface area contributed by atoms with Gasteiger partial charge >= 0.3 is 0 Å². The van der Waals surface area contributed by atoms with Gasteiger partial charge in [0.1, 0.15) is 6.04 Å². The zero-order chi connectivity index (χ0) is 18.6. The van der Waals surface area contributed by atoms with Crippen LogP contribution in [-0.2, 0) is 4.79 Å². The number of benzene rings is 1. The Balaban J connectivity index is 1.48. The number of piperazine rings is 1. The lowest BCUT2D eigenvalue weighted by Crippen LogP contribution is -2.52. The van der Waals surface area contributed by atoms with Crippen molar-refractivity contribution in [2.75, 3.05) is 39.3 Å². The van der Waals surface area contributed by atoms with Crippen LogP contribution in [0.2, 0.25) is 0 Å². The van der Waals surface area contributed by atoms with E-state index >= 15 is 0 Å². The highest BCUT2D eigenvalue weighted by molar-refractivity contribution is 5.91. The molecule has 0 spiro atoms. The maximum absolute atomic E-state index is 13.2. The molecule has 1 unspecified atom stereocenters. The molecule has 0 N–H and O–H groups in total. The summed E-state index contributed by atoms with van der Waals surface area (Å²) in [4.78, 5) is 31.7. The van der Waals surface area contributed by atoms with Gasteiger partial charge in [0.25, 0.3) is 5.91 Å². The quantitative estimate of drug-likeness (QED) is 0.833. The van der Waals surface area contributed by atoms with Crippen LogP contribution in [0.3, 0.4) is 0 Å². The number of amides is 2. The van der Waals surface area contributed by atoms with Crippen molar-refractivity contribution >= 4 is 11.8 Å². The summed E-state index contributed by atoms with van der Waals surface area (Å²) in [7, 11) is 0. The number of nitrogens with zero attached hydrogens (tertiary/aromatic N) is 3. The zero-order valence-corrected chi connectivity index (χ0v) is 15.4. The van der Waals surface area contributed by atoms with E-state index in [0.717, 1.165) is 31.5 Å². The Morgan fingerprint density at radius 1 is 0.815 bits per heavy atom. The number of rotatable bonds is 4. The minimum atomic E-state index is -0.273. The fourth-order valence-corrected chi connectivity index (χ4v) is 3.99. The van der Waals surface area contributed by atoms with Gasteiger partial charge in [0.05, 0.1) is 6.26 Å². The molecular formula is C21H25N3O3. The highest BCUT2D eigenvalue weighted by Crippen LogP contribution is 2.26. The molecule has 6 nitrogen and oxygen atoms in total. The van der Waals surface area contributed by atoms with Gasteiger partial charge in [-0.3, -0.25) is 14.5 Å². The fourth-order valence-electron chi connectivity index (χ4n) is 3.99. The van der Waals surface area contributed by atoms with Crippen molar-refractivity contribution in [2.24, 2.45) is 0 Å². The topological polar surface area (TPSA) is 57.0 Å². The molecule has 27 heavy (non-hydrogen) atoms. The summed E-state index contributed by atoms with van der Waals surface area (Å²) in [5, 5.41) is 0. The Morgan fingerprint density at radius 3 is 2.15 bits per heavy atom. The van der Waals surface area contributed by atoms with Crippen molar-refractivity contribution in [3.05, 3.63) is 60.1 Å². The predicted octanol–water partition coefficient (Wildman–Crippen LogP) is 2.40. The molecule has 1 aromatic heterocycles. The van der Waals surface area contributed by atoms with Gasteiger partial charge in [-0.1, -0.05) is 30.3 Å². The SMILES string of the molecule is O=C(c1ccco1)N1CCN(C(C(=O)N2CCCC2)c2ccccc2)CC1.